The number of para-hydroxylation sites is 1. The number of rotatable bonds is 6. The Morgan fingerprint density at radius 3 is 2.40 bits per heavy atom. The van der Waals surface area contributed by atoms with Crippen LogP contribution in [0.2, 0.25) is 0 Å². The van der Waals surface area contributed by atoms with Gasteiger partial charge in [-0.15, -0.1) is 0 Å². The lowest BCUT2D eigenvalue weighted by molar-refractivity contribution is -0.153. The number of benzene rings is 2. The summed E-state index contributed by atoms with van der Waals surface area (Å²) in [7, 11) is 0. The Kier molecular flexibility index (Phi) is 6.21. The molecule has 0 radical (unpaired) electrons. The first-order valence-corrected chi connectivity index (χ1v) is 9.14. The van der Waals surface area contributed by atoms with E-state index in [1.807, 2.05) is 30.3 Å². The number of amides is 4. The van der Waals surface area contributed by atoms with Crippen LogP contribution in [0, 0.1) is 0 Å². The van der Waals surface area contributed by atoms with Crippen molar-refractivity contribution in [3.05, 3.63) is 65.7 Å². The van der Waals surface area contributed by atoms with Crippen molar-refractivity contribution in [2.24, 2.45) is 0 Å². The van der Waals surface area contributed by atoms with E-state index >= 15 is 0 Å². The highest BCUT2D eigenvalue weighted by Crippen LogP contribution is 2.28. The molecule has 154 valence electrons. The molecular formula is C21H19N3O6. The maximum atomic E-state index is 12.2. The minimum absolute atomic E-state index is 0.205. The van der Waals surface area contributed by atoms with E-state index in [-0.39, 0.29) is 12.1 Å². The number of nitrogens with zero attached hydrogens (tertiary/aromatic N) is 1. The van der Waals surface area contributed by atoms with Gasteiger partial charge in [-0.05, 0) is 24.6 Å². The number of hydrogen-bond acceptors (Lipinski definition) is 6. The lowest BCUT2D eigenvalue weighted by Gasteiger charge is -2.18. The standard InChI is InChI=1S/C21H19N3O6/c1-13(19(27)23-21(29)22-11-14-7-3-2-4-8-14)30-17(25)12-24-16-10-6-5-9-15(16)18(26)20(24)28/h2-10,13H,11-12H2,1H3,(H2,22,23,27,29)/t13-/m0/s1. The summed E-state index contributed by atoms with van der Waals surface area (Å²) in [6, 6.07) is 14.6. The first kappa shape index (κ1) is 20.7. The number of urea groups is 1. The number of fused-ring (bicyclic) bond motifs is 1. The normalized spacial score (nSPS) is 13.4. The van der Waals surface area contributed by atoms with Gasteiger partial charge in [-0.25, -0.2) is 4.79 Å². The molecule has 1 aliphatic heterocycles. The van der Waals surface area contributed by atoms with Crippen LogP contribution >= 0.6 is 0 Å². The van der Waals surface area contributed by atoms with Crippen LogP contribution < -0.4 is 15.5 Å². The molecule has 0 aromatic heterocycles. The van der Waals surface area contributed by atoms with Crippen LogP contribution in [0.3, 0.4) is 0 Å². The molecule has 2 aromatic carbocycles. The summed E-state index contributed by atoms with van der Waals surface area (Å²) in [6.07, 6.45) is -1.27. The van der Waals surface area contributed by atoms with Crippen molar-refractivity contribution < 1.29 is 28.7 Å². The number of Topliss-reactive ketones (excluding diaryl/α,β-unsaturated/α-hetero) is 1. The van der Waals surface area contributed by atoms with E-state index in [0.717, 1.165) is 10.5 Å². The van der Waals surface area contributed by atoms with Crippen molar-refractivity contribution in [2.75, 3.05) is 11.4 Å². The molecule has 9 nitrogen and oxygen atoms in total. The summed E-state index contributed by atoms with van der Waals surface area (Å²) in [5.74, 6) is -3.26. The molecule has 1 aliphatic rings. The topological polar surface area (TPSA) is 122 Å². The van der Waals surface area contributed by atoms with Gasteiger partial charge in [0.05, 0.1) is 11.3 Å². The second-order valence-corrected chi connectivity index (χ2v) is 6.53. The second-order valence-electron chi connectivity index (χ2n) is 6.53. The molecule has 4 amide bonds. The van der Waals surface area contributed by atoms with Crippen molar-refractivity contribution in [3.63, 3.8) is 0 Å². The third-order valence-electron chi connectivity index (χ3n) is 4.38. The fraction of sp³-hybridized carbons (Fsp3) is 0.190. The van der Waals surface area contributed by atoms with Crippen LogP contribution in [0.4, 0.5) is 10.5 Å². The molecule has 2 N–H and O–H groups in total. The fourth-order valence-corrected chi connectivity index (χ4v) is 2.86. The number of imide groups is 1. The van der Waals surface area contributed by atoms with Crippen molar-refractivity contribution in [1.82, 2.24) is 10.6 Å². The van der Waals surface area contributed by atoms with E-state index in [0.29, 0.717) is 5.69 Å². The van der Waals surface area contributed by atoms with Gasteiger partial charge in [0.15, 0.2) is 6.10 Å². The number of carbonyl (C=O) groups is 5. The largest absolute Gasteiger partial charge is 0.451 e. The van der Waals surface area contributed by atoms with Crippen LogP contribution in [0.25, 0.3) is 0 Å². The minimum atomic E-state index is -1.27. The van der Waals surface area contributed by atoms with Gasteiger partial charge in [0.25, 0.3) is 17.6 Å². The van der Waals surface area contributed by atoms with Crippen LogP contribution in [-0.2, 0) is 25.7 Å². The molecule has 3 rings (SSSR count). The first-order valence-electron chi connectivity index (χ1n) is 9.14. The summed E-state index contributed by atoms with van der Waals surface area (Å²) in [5, 5.41) is 4.60. The van der Waals surface area contributed by atoms with Crippen molar-refractivity contribution in [3.8, 4) is 0 Å². The highest BCUT2D eigenvalue weighted by Gasteiger charge is 2.37. The Hall–Kier alpha value is -4.01. The van der Waals surface area contributed by atoms with E-state index in [2.05, 4.69) is 10.6 Å². The van der Waals surface area contributed by atoms with Crippen molar-refractivity contribution in [1.29, 1.82) is 0 Å². The zero-order chi connectivity index (χ0) is 21.7. The number of carbonyl (C=O) groups excluding carboxylic acids is 5. The number of nitrogens with one attached hydrogen (secondary N) is 2. The summed E-state index contributed by atoms with van der Waals surface area (Å²) < 4.78 is 5.00. The highest BCUT2D eigenvalue weighted by molar-refractivity contribution is 6.52. The quantitative estimate of drug-likeness (QED) is 0.546. The molecule has 2 aromatic rings. The molecule has 0 aliphatic carbocycles. The first-order chi connectivity index (χ1) is 14.4. The lowest BCUT2D eigenvalue weighted by Crippen LogP contribution is -2.45. The molecule has 0 saturated heterocycles. The molecule has 0 saturated carbocycles. The third kappa shape index (κ3) is 4.69. The Balaban J connectivity index is 1.49. The Morgan fingerprint density at radius 1 is 1.00 bits per heavy atom. The zero-order valence-electron chi connectivity index (χ0n) is 16.1. The molecule has 1 heterocycles. The van der Waals surface area contributed by atoms with Crippen LogP contribution in [0.5, 0.6) is 0 Å². The average Bonchev–Trinajstić information content (AvgIpc) is 2.98. The van der Waals surface area contributed by atoms with Gasteiger partial charge in [0.1, 0.15) is 6.54 Å². The van der Waals surface area contributed by atoms with Gasteiger partial charge in [-0.1, -0.05) is 42.5 Å². The van der Waals surface area contributed by atoms with Crippen molar-refractivity contribution in [2.45, 2.75) is 19.6 Å². The van der Waals surface area contributed by atoms with E-state index < -0.39 is 42.2 Å². The SMILES string of the molecule is C[C@H](OC(=O)CN1C(=O)C(=O)c2ccccc21)C(=O)NC(=O)NCc1ccccc1. The number of anilines is 1. The highest BCUT2D eigenvalue weighted by atomic mass is 16.5. The number of hydrogen-bond donors (Lipinski definition) is 2. The van der Waals surface area contributed by atoms with Gasteiger partial charge >= 0.3 is 12.0 Å². The molecule has 0 unspecified atom stereocenters. The number of ketones is 1. The Bertz CT molecular complexity index is 1000. The smallest absolute Gasteiger partial charge is 0.326 e. The third-order valence-corrected chi connectivity index (χ3v) is 4.38. The summed E-state index contributed by atoms with van der Waals surface area (Å²) in [5.41, 5.74) is 1.36. The Labute approximate surface area is 172 Å². The minimum Gasteiger partial charge on any atom is -0.451 e. The number of esters is 1. The van der Waals surface area contributed by atoms with Gasteiger partial charge < -0.3 is 10.1 Å². The fourth-order valence-electron chi connectivity index (χ4n) is 2.86. The van der Waals surface area contributed by atoms with E-state index in [9.17, 15) is 24.0 Å². The summed E-state index contributed by atoms with van der Waals surface area (Å²) in [6.45, 7) is 0.987. The van der Waals surface area contributed by atoms with Gasteiger partial charge in [0.2, 0.25) is 0 Å². The van der Waals surface area contributed by atoms with E-state index in [4.69, 9.17) is 4.74 Å². The van der Waals surface area contributed by atoms with Gasteiger partial charge in [0, 0.05) is 6.54 Å². The molecule has 0 fully saturated rings. The molecule has 9 heteroatoms. The summed E-state index contributed by atoms with van der Waals surface area (Å²) >= 11 is 0. The van der Waals surface area contributed by atoms with E-state index in [1.165, 1.54) is 13.0 Å². The van der Waals surface area contributed by atoms with Crippen molar-refractivity contribution >= 4 is 35.3 Å². The van der Waals surface area contributed by atoms with E-state index in [1.54, 1.807) is 18.2 Å². The molecule has 0 spiro atoms. The molecule has 0 bridgehead atoms. The molecule has 1 atom stereocenters. The van der Waals surface area contributed by atoms with Crippen LogP contribution in [0.1, 0.15) is 22.8 Å². The predicted molar refractivity (Wildman–Crippen MR) is 105 cm³/mol. The van der Waals surface area contributed by atoms with Gasteiger partial charge in [-0.3, -0.25) is 29.4 Å². The maximum Gasteiger partial charge on any atom is 0.326 e. The average molecular weight is 409 g/mol. The van der Waals surface area contributed by atoms with Gasteiger partial charge in [-0.2, -0.15) is 0 Å². The Morgan fingerprint density at radius 2 is 1.67 bits per heavy atom. The molecule has 30 heavy (non-hydrogen) atoms. The second kappa shape index (κ2) is 8.99. The predicted octanol–water partition coefficient (Wildman–Crippen LogP) is 1.17. The maximum absolute atomic E-state index is 12.2. The molecular weight excluding hydrogens is 390 g/mol. The monoisotopic (exact) mass is 409 g/mol. The zero-order valence-corrected chi connectivity index (χ0v) is 16.1. The van der Waals surface area contributed by atoms with Crippen LogP contribution in [0.15, 0.2) is 54.6 Å². The lowest BCUT2D eigenvalue weighted by atomic mass is 10.1. The number of ether oxygens (including phenoxy) is 1. The van der Waals surface area contributed by atoms with Crippen LogP contribution in [-0.4, -0.2) is 42.2 Å². The summed E-state index contributed by atoms with van der Waals surface area (Å²) in [4.78, 5) is 61.1.